The van der Waals surface area contributed by atoms with Gasteiger partial charge in [-0.05, 0) is 31.9 Å². The highest BCUT2D eigenvalue weighted by molar-refractivity contribution is 7.99. The van der Waals surface area contributed by atoms with Crippen LogP contribution in [0, 0.1) is 13.8 Å². The van der Waals surface area contributed by atoms with E-state index in [0.29, 0.717) is 12.3 Å². The number of amides is 2. The van der Waals surface area contributed by atoms with E-state index in [2.05, 4.69) is 42.6 Å². The molecule has 0 aliphatic heterocycles. The summed E-state index contributed by atoms with van der Waals surface area (Å²) in [6.07, 6.45) is 0. The molecule has 1 N–H and O–H groups in total. The van der Waals surface area contributed by atoms with Crippen LogP contribution in [0.15, 0.2) is 48.5 Å². The summed E-state index contributed by atoms with van der Waals surface area (Å²) in [6.45, 7) is 6.29. The number of benzene rings is 2. The number of carbonyl (C=O) groups excluding carboxylic acids is 2. The van der Waals surface area contributed by atoms with Crippen molar-refractivity contribution in [3.05, 3.63) is 70.8 Å². The van der Waals surface area contributed by atoms with Crippen LogP contribution in [-0.2, 0) is 21.9 Å². The molecule has 144 valence electrons. The van der Waals surface area contributed by atoms with Crippen molar-refractivity contribution in [1.82, 2.24) is 10.2 Å². The molecule has 4 nitrogen and oxygen atoms in total. The standard InChI is InChI=1S/C22H28N2O2S/c1-16-8-10-19(11-9-16)14-27-15-21(25)24(18(3)22(26)23-4)13-20-7-5-6-17(2)12-20/h5-12,18H,13-15H2,1-4H3,(H,23,26)/t18-/m0/s1. The Bertz CT molecular complexity index is 774. The van der Waals surface area contributed by atoms with Crippen LogP contribution in [0.1, 0.15) is 29.2 Å². The second kappa shape index (κ2) is 10.2. The summed E-state index contributed by atoms with van der Waals surface area (Å²) in [5, 5.41) is 2.64. The van der Waals surface area contributed by atoms with Gasteiger partial charge in [-0.2, -0.15) is 0 Å². The summed E-state index contributed by atoms with van der Waals surface area (Å²) >= 11 is 1.58. The van der Waals surface area contributed by atoms with E-state index in [1.165, 1.54) is 11.1 Å². The molecule has 0 bridgehead atoms. The minimum atomic E-state index is -0.511. The second-order valence-corrected chi connectivity index (χ2v) is 7.76. The Morgan fingerprint density at radius 2 is 1.74 bits per heavy atom. The van der Waals surface area contributed by atoms with Crippen LogP contribution in [0.4, 0.5) is 0 Å². The predicted octanol–water partition coefficient (Wildman–Crippen LogP) is 3.70. The van der Waals surface area contributed by atoms with Gasteiger partial charge in [0.15, 0.2) is 0 Å². The molecule has 0 spiro atoms. The van der Waals surface area contributed by atoms with Gasteiger partial charge >= 0.3 is 0 Å². The third-order valence-electron chi connectivity index (χ3n) is 4.46. The molecule has 0 saturated heterocycles. The van der Waals surface area contributed by atoms with Crippen molar-refractivity contribution >= 4 is 23.6 Å². The summed E-state index contributed by atoms with van der Waals surface area (Å²) in [7, 11) is 1.60. The Morgan fingerprint density at radius 1 is 1.04 bits per heavy atom. The molecule has 5 heteroatoms. The zero-order chi connectivity index (χ0) is 19.8. The Balaban J connectivity index is 2.03. The molecule has 0 aliphatic carbocycles. The third-order valence-corrected chi connectivity index (χ3v) is 5.45. The van der Waals surface area contributed by atoms with E-state index in [1.807, 2.05) is 25.1 Å². The minimum Gasteiger partial charge on any atom is -0.357 e. The molecule has 0 radical (unpaired) electrons. The van der Waals surface area contributed by atoms with Crippen molar-refractivity contribution in [3.63, 3.8) is 0 Å². The van der Waals surface area contributed by atoms with Crippen LogP contribution in [0.5, 0.6) is 0 Å². The highest BCUT2D eigenvalue weighted by Gasteiger charge is 2.25. The molecule has 0 heterocycles. The maximum atomic E-state index is 12.9. The second-order valence-electron chi connectivity index (χ2n) is 6.78. The van der Waals surface area contributed by atoms with Gasteiger partial charge < -0.3 is 10.2 Å². The predicted molar refractivity (Wildman–Crippen MR) is 113 cm³/mol. The smallest absolute Gasteiger partial charge is 0.242 e. The molecule has 2 amide bonds. The van der Waals surface area contributed by atoms with E-state index >= 15 is 0 Å². The molecule has 0 fully saturated rings. The van der Waals surface area contributed by atoms with Gasteiger partial charge in [0.2, 0.25) is 11.8 Å². The fourth-order valence-electron chi connectivity index (χ4n) is 2.82. The van der Waals surface area contributed by atoms with Gasteiger partial charge in [0.05, 0.1) is 5.75 Å². The summed E-state index contributed by atoms with van der Waals surface area (Å²) in [5.74, 6) is 0.948. The van der Waals surface area contributed by atoms with E-state index < -0.39 is 6.04 Å². The van der Waals surface area contributed by atoms with Gasteiger partial charge in [-0.15, -0.1) is 11.8 Å². The zero-order valence-corrected chi connectivity index (χ0v) is 17.3. The summed E-state index contributed by atoms with van der Waals surface area (Å²) in [6, 6.07) is 15.9. The average molecular weight is 385 g/mol. The van der Waals surface area contributed by atoms with Crippen molar-refractivity contribution in [2.24, 2.45) is 0 Å². The number of thioether (sulfide) groups is 1. The lowest BCUT2D eigenvalue weighted by Crippen LogP contribution is -2.47. The normalized spacial score (nSPS) is 11.7. The van der Waals surface area contributed by atoms with Gasteiger partial charge in [-0.25, -0.2) is 0 Å². The summed E-state index contributed by atoms with van der Waals surface area (Å²) < 4.78 is 0. The summed E-state index contributed by atoms with van der Waals surface area (Å²) in [5.41, 5.74) is 4.59. The van der Waals surface area contributed by atoms with E-state index in [1.54, 1.807) is 30.6 Å². The van der Waals surface area contributed by atoms with E-state index in [9.17, 15) is 9.59 Å². The third kappa shape index (κ3) is 6.43. The lowest BCUT2D eigenvalue weighted by Gasteiger charge is -2.28. The number of aryl methyl sites for hydroxylation is 2. The Labute approximate surface area is 166 Å². The summed E-state index contributed by atoms with van der Waals surface area (Å²) in [4.78, 5) is 26.7. The largest absolute Gasteiger partial charge is 0.357 e. The quantitative estimate of drug-likeness (QED) is 0.755. The minimum absolute atomic E-state index is 0.0234. The van der Waals surface area contributed by atoms with E-state index in [-0.39, 0.29) is 11.8 Å². The lowest BCUT2D eigenvalue weighted by molar-refractivity contribution is -0.138. The number of hydrogen-bond donors (Lipinski definition) is 1. The first kappa shape index (κ1) is 21.0. The van der Waals surface area contributed by atoms with Crippen molar-refractivity contribution in [2.75, 3.05) is 12.8 Å². The van der Waals surface area contributed by atoms with Crippen molar-refractivity contribution in [1.29, 1.82) is 0 Å². The van der Waals surface area contributed by atoms with Crippen LogP contribution in [0.2, 0.25) is 0 Å². The van der Waals surface area contributed by atoms with Crippen LogP contribution in [-0.4, -0.2) is 35.6 Å². The SMILES string of the molecule is CNC(=O)[C@H](C)N(Cc1cccc(C)c1)C(=O)CSCc1ccc(C)cc1. The Hall–Kier alpha value is -2.27. The highest BCUT2D eigenvalue weighted by Crippen LogP contribution is 2.17. The molecule has 27 heavy (non-hydrogen) atoms. The van der Waals surface area contributed by atoms with Crippen LogP contribution < -0.4 is 5.32 Å². The van der Waals surface area contributed by atoms with Crippen molar-refractivity contribution in [2.45, 2.75) is 39.1 Å². The van der Waals surface area contributed by atoms with Gasteiger partial charge in [0, 0.05) is 19.3 Å². The number of nitrogens with one attached hydrogen (secondary N) is 1. The molecule has 2 aromatic carbocycles. The highest BCUT2D eigenvalue weighted by atomic mass is 32.2. The average Bonchev–Trinajstić information content (AvgIpc) is 2.66. The maximum Gasteiger partial charge on any atom is 0.242 e. The number of likely N-dealkylation sites (N-methyl/N-ethyl adjacent to an activating group) is 1. The Kier molecular flexibility index (Phi) is 7.92. The lowest BCUT2D eigenvalue weighted by atomic mass is 10.1. The molecule has 2 aromatic rings. The molecule has 1 atom stereocenters. The molecular weight excluding hydrogens is 356 g/mol. The molecule has 2 rings (SSSR count). The molecule has 0 aliphatic rings. The fourth-order valence-corrected chi connectivity index (χ4v) is 3.69. The molecule has 0 unspecified atom stereocenters. The van der Waals surface area contributed by atoms with Crippen LogP contribution >= 0.6 is 11.8 Å². The molecule has 0 saturated carbocycles. The topological polar surface area (TPSA) is 49.4 Å². The van der Waals surface area contributed by atoms with Gasteiger partial charge in [0.25, 0.3) is 0 Å². The number of hydrogen-bond acceptors (Lipinski definition) is 3. The first-order chi connectivity index (χ1) is 12.9. The van der Waals surface area contributed by atoms with Gasteiger partial charge in [0.1, 0.15) is 6.04 Å². The van der Waals surface area contributed by atoms with E-state index in [0.717, 1.165) is 16.9 Å². The Morgan fingerprint density at radius 3 is 2.37 bits per heavy atom. The van der Waals surface area contributed by atoms with Crippen LogP contribution in [0.3, 0.4) is 0 Å². The van der Waals surface area contributed by atoms with Gasteiger partial charge in [-0.3, -0.25) is 9.59 Å². The number of carbonyl (C=O) groups is 2. The zero-order valence-electron chi connectivity index (χ0n) is 16.5. The first-order valence-corrected chi connectivity index (χ1v) is 10.3. The van der Waals surface area contributed by atoms with Crippen LogP contribution in [0.25, 0.3) is 0 Å². The first-order valence-electron chi connectivity index (χ1n) is 9.10. The van der Waals surface area contributed by atoms with Gasteiger partial charge in [-0.1, -0.05) is 59.7 Å². The maximum absolute atomic E-state index is 12.9. The molecular formula is C22H28N2O2S. The monoisotopic (exact) mass is 384 g/mol. The van der Waals surface area contributed by atoms with Crippen molar-refractivity contribution in [3.8, 4) is 0 Å². The van der Waals surface area contributed by atoms with Crippen molar-refractivity contribution < 1.29 is 9.59 Å². The number of rotatable bonds is 8. The fraction of sp³-hybridized carbons (Fsp3) is 0.364. The molecule has 0 aromatic heterocycles. The number of nitrogens with zero attached hydrogens (tertiary/aromatic N) is 1. The van der Waals surface area contributed by atoms with E-state index in [4.69, 9.17) is 0 Å².